The summed E-state index contributed by atoms with van der Waals surface area (Å²) < 4.78 is 4.42. The second kappa shape index (κ2) is 10.5. The number of allylic oxidation sites excluding steroid dienone is 8. The van der Waals surface area contributed by atoms with Gasteiger partial charge in [-0.25, -0.2) is 0 Å². The Balaban J connectivity index is 0.00000121. The number of halogens is 3. The Morgan fingerprint density at radius 2 is 1.81 bits per heavy atom. The zero-order valence-corrected chi connectivity index (χ0v) is 19.9. The predicted octanol–water partition coefficient (Wildman–Crippen LogP) is -2.33. The van der Waals surface area contributed by atoms with Crippen LogP contribution in [-0.2, 0) is 24.3 Å². The van der Waals surface area contributed by atoms with Gasteiger partial charge < -0.3 is 37.2 Å². The van der Waals surface area contributed by atoms with Gasteiger partial charge >= 0.3 is 153 Å². The monoisotopic (exact) mass is 456 g/mol. The third kappa shape index (κ3) is 4.85. The summed E-state index contributed by atoms with van der Waals surface area (Å²) in [5.74, 6) is 0. The molecule has 0 spiro atoms. The molecule has 0 bridgehead atoms. The van der Waals surface area contributed by atoms with E-state index in [2.05, 4.69) is 68.5 Å². The first-order chi connectivity index (χ1) is 11.7. The summed E-state index contributed by atoms with van der Waals surface area (Å²) >= 11 is -1.21. The average molecular weight is 458 g/mol. The summed E-state index contributed by atoms with van der Waals surface area (Å²) in [5.41, 5.74) is 4.61. The van der Waals surface area contributed by atoms with E-state index in [1.807, 2.05) is 7.76 Å². The molecule has 1 aliphatic heterocycles. The first-order valence-electron chi connectivity index (χ1n) is 9.44. The Hall–Kier alpha value is -0.236. The quantitative estimate of drug-likeness (QED) is 0.421. The van der Waals surface area contributed by atoms with E-state index in [4.69, 9.17) is 0 Å². The summed E-state index contributed by atoms with van der Waals surface area (Å²) in [5, 5.41) is 0. The number of benzene rings is 1. The number of rotatable bonds is 6. The van der Waals surface area contributed by atoms with Gasteiger partial charge in [0.1, 0.15) is 0 Å². The second-order valence-electron chi connectivity index (χ2n) is 7.54. The van der Waals surface area contributed by atoms with Crippen LogP contribution in [0.4, 0.5) is 0 Å². The zero-order chi connectivity index (χ0) is 16.6. The van der Waals surface area contributed by atoms with Gasteiger partial charge in [-0.3, -0.25) is 0 Å². The van der Waals surface area contributed by atoms with Crippen molar-refractivity contribution < 1.29 is 55.1 Å². The molecule has 144 valence electrons. The summed E-state index contributed by atoms with van der Waals surface area (Å²) in [6.07, 6.45) is 17.8. The van der Waals surface area contributed by atoms with Gasteiger partial charge in [0, 0.05) is 0 Å². The zero-order valence-electron chi connectivity index (χ0n) is 16.1. The van der Waals surface area contributed by atoms with Crippen LogP contribution in [0.15, 0.2) is 73.5 Å². The molecule has 0 nitrogen and oxygen atoms in total. The molecule has 1 aromatic carbocycles. The summed E-state index contributed by atoms with van der Waals surface area (Å²) in [6.45, 7) is 4.70. The van der Waals surface area contributed by atoms with E-state index in [9.17, 15) is 0 Å². The summed E-state index contributed by atoms with van der Waals surface area (Å²) in [7, 11) is 0. The van der Waals surface area contributed by atoms with Gasteiger partial charge in [0.15, 0.2) is 0 Å². The van der Waals surface area contributed by atoms with Crippen LogP contribution >= 0.6 is 0 Å². The Morgan fingerprint density at radius 1 is 1.07 bits per heavy atom. The maximum absolute atomic E-state index is 2.59. The Kier molecular flexibility index (Phi) is 9.66. The fraction of sp³-hybridized carbons (Fsp3) is 0.391. The van der Waals surface area contributed by atoms with Crippen molar-refractivity contribution in [1.29, 1.82) is 0 Å². The third-order valence-corrected chi connectivity index (χ3v) is 11.7. The molecule has 0 radical (unpaired) electrons. The maximum Gasteiger partial charge on any atom is -1.00 e. The Morgan fingerprint density at radius 3 is 2.52 bits per heavy atom. The van der Waals surface area contributed by atoms with Gasteiger partial charge in [-0.15, -0.1) is 0 Å². The molecule has 4 rings (SSSR count). The molecule has 1 fully saturated rings. The van der Waals surface area contributed by atoms with Crippen LogP contribution in [0.3, 0.4) is 0 Å². The molecule has 27 heavy (non-hydrogen) atoms. The smallest absolute Gasteiger partial charge is 1.00 e. The predicted molar refractivity (Wildman–Crippen MR) is 99.6 cm³/mol. The van der Waals surface area contributed by atoms with Crippen LogP contribution in [0.2, 0.25) is 3.72 Å². The van der Waals surface area contributed by atoms with E-state index in [1.54, 1.807) is 11.1 Å². The van der Waals surface area contributed by atoms with Gasteiger partial charge in [-0.1, -0.05) is 0 Å². The van der Waals surface area contributed by atoms with Crippen molar-refractivity contribution in [3.05, 3.63) is 79.1 Å². The maximum atomic E-state index is 2.59. The first kappa shape index (κ1) is 24.8. The molecule has 2 aliphatic carbocycles. The Labute approximate surface area is 189 Å². The van der Waals surface area contributed by atoms with E-state index < -0.39 is 17.9 Å². The van der Waals surface area contributed by atoms with Crippen LogP contribution < -0.4 is 37.2 Å². The molecule has 0 amide bonds. The number of fused-ring (bicyclic) bond motifs is 1. The van der Waals surface area contributed by atoms with Crippen molar-refractivity contribution in [2.75, 3.05) is 0 Å². The minimum absolute atomic E-state index is 0. The van der Waals surface area contributed by atoms with Crippen LogP contribution in [0.5, 0.6) is 0 Å². The Bertz CT molecular complexity index is 761. The molecule has 1 aromatic rings. The van der Waals surface area contributed by atoms with Crippen LogP contribution in [0.1, 0.15) is 51.5 Å². The molecule has 0 aromatic heterocycles. The van der Waals surface area contributed by atoms with Crippen molar-refractivity contribution in [3.63, 3.8) is 0 Å². The van der Waals surface area contributed by atoms with E-state index >= 15 is 0 Å². The average Bonchev–Trinajstić information content (AvgIpc) is 3.07. The van der Waals surface area contributed by atoms with Crippen molar-refractivity contribution in [3.8, 4) is 0 Å². The van der Waals surface area contributed by atoms with Crippen LogP contribution in [-0.4, -0.2) is 0 Å². The summed E-state index contributed by atoms with van der Waals surface area (Å²) in [6, 6.07) is 10.9. The molecular formula is C23H27Cl3Ti. The minimum Gasteiger partial charge on any atom is -1.00 e. The first-order valence-corrected chi connectivity index (χ1v) is 11.8. The molecular weight excluding hydrogens is 430 g/mol. The van der Waals surface area contributed by atoms with E-state index in [0.717, 1.165) is 6.42 Å². The number of hydrogen-bond acceptors (Lipinski definition) is 0. The fourth-order valence-electron chi connectivity index (χ4n) is 4.67. The fourth-order valence-corrected chi connectivity index (χ4v) is 11.2. The van der Waals surface area contributed by atoms with Gasteiger partial charge in [0.2, 0.25) is 0 Å². The van der Waals surface area contributed by atoms with Crippen molar-refractivity contribution in [1.82, 2.24) is 0 Å². The second-order valence-corrected chi connectivity index (χ2v) is 12.0. The van der Waals surface area contributed by atoms with Gasteiger partial charge in [-0.2, -0.15) is 0 Å². The standard InChI is InChI=1S/C12H11.C11H16.3ClH.Ti/c1-2-6-11(7-3-1)10-12-8-4-5-9-12;1-3-4-7-11-8-5-6-10(2)9-11;;;;/h1-3,6-9H,4,10H2;5-6H,3-4,7-8H2,1-2H3;3*1H;/q;;;;;+3/p-3. The van der Waals surface area contributed by atoms with E-state index in [1.165, 1.54) is 37.7 Å². The van der Waals surface area contributed by atoms with Crippen molar-refractivity contribution in [2.24, 2.45) is 0 Å². The molecule has 1 saturated heterocycles. The third-order valence-electron chi connectivity index (χ3n) is 5.85. The SMILES string of the molecule is CCCC[C]12CC=CC(C)=[C]1[Ti+3]2[C]1=CC(Cc2ccccc2)=CC1.[Cl-].[Cl-].[Cl-]. The van der Waals surface area contributed by atoms with Crippen LogP contribution in [0, 0.1) is 0 Å². The molecule has 0 N–H and O–H groups in total. The normalized spacial score (nSPS) is 21.4. The minimum atomic E-state index is -1.21. The summed E-state index contributed by atoms with van der Waals surface area (Å²) in [4.78, 5) is 0. The van der Waals surface area contributed by atoms with Gasteiger partial charge in [0.25, 0.3) is 0 Å². The molecule has 3 aliphatic rings. The number of hydrogen-bond donors (Lipinski definition) is 0. The molecule has 1 atom stereocenters. The van der Waals surface area contributed by atoms with Crippen molar-refractivity contribution in [2.45, 2.75) is 56.1 Å². The van der Waals surface area contributed by atoms with Crippen molar-refractivity contribution >= 4 is 0 Å². The molecule has 0 saturated carbocycles. The van der Waals surface area contributed by atoms with E-state index in [-0.39, 0.29) is 37.2 Å². The van der Waals surface area contributed by atoms with Crippen LogP contribution in [0.25, 0.3) is 0 Å². The van der Waals surface area contributed by atoms with Gasteiger partial charge in [-0.05, 0) is 0 Å². The van der Waals surface area contributed by atoms with Gasteiger partial charge in [0.05, 0.1) is 0 Å². The molecule has 1 heterocycles. The molecule has 4 heteroatoms. The van der Waals surface area contributed by atoms with E-state index in [0.29, 0.717) is 3.72 Å². The number of unbranched alkanes of at least 4 members (excludes halogenated alkanes) is 1. The molecule has 1 unspecified atom stereocenters. The topological polar surface area (TPSA) is 0 Å². The largest absolute Gasteiger partial charge is 1.00 e.